The van der Waals surface area contributed by atoms with Crippen molar-refractivity contribution in [1.29, 1.82) is 0 Å². The zero-order valence-electron chi connectivity index (χ0n) is 19.6. The molecule has 0 amide bonds. The Hall–Kier alpha value is -3.54. The Morgan fingerprint density at radius 1 is 1.03 bits per heavy atom. The predicted octanol–water partition coefficient (Wildman–Crippen LogP) is 7.99. The fraction of sp³-hybridized carbons (Fsp3) is 0.250. The maximum atomic E-state index is 12.4. The van der Waals surface area contributed by atoms with Crippen LogP contribution < -0.4 is 4.74 Å². The normalized spacial score (nSPS) is 12.7. The predicted molar refractivity (Wildman–Crippen MR) is 131 cm³/mol. The van der Waals surface area contributed by atoms with Crippen molar-refractivity contribution in [1.82, 2.24) is 9.55 Å². The topological polar surface area (TPSA) is 27.1 Å². The third-order valence-corrected chi connectivity index (χ3v) is 5.13. The molecular formula is C28H29F3N2O. The first-order valence-corrected chi connectivity index (χ1v) is 11.2. The summed E-state index contributed by atoms with van der Waals surface area (Å²) in [5.74, 6) is 0.747. The van der Waals surface area contributed by atoms with E-state index in [9.17, 15) is 13.2 Å². The molecule has 0 saturated heterocycles. The highest BCUT2D eigenvalue weighted by molar-refractivity contribution is 5.64. The van der Waals surface area contributed by atoms with Crippen molar-refractivity contribution < 1.29 is 17.9 Å². The molecule has 0 unspecified atom stereocenters. The molecule has 0 saturated carbocycles. The van der Waals surface area contributed by atoms with Gasteiger partial charge < -0.3 is 9.30 Å². The number of alkyl halides is 3. The Labute approximate surface area is 198 Å². The zero-order chi connectivity index (χ0) is 24.6. The van der Waals surface area contributed by atoms with Crippen LogP contribution in [0.4, 0.5) is 13.2 Å². The SMILES string of the molecule is C/C=C\C=C(/C)Cn1cc(/C=C/CC)nc1Cc1ccc(-c2ccc(OC(F)(F)F)cc2)cc1. The third-order valence-electron chi connectivity index (χ3n) is 5.13. The highest BCUT2D eigenvalue weighted by Gasteiger charge is 2.30. The van der Waals surface area contributed by atoms with E-state index in [4.69, 9.17) is 4.98 Å². The summed E-state index contributed by atoms with van der Waals surface area (Å²) >= 11 is 0. The van der Waals surface area contributed by atoms with Gasteiger partial charge in [0.1, 0.15) is 11.6 Å². The molecule has 34 heavy (non-hydrogen) atoms. The molecule has 0 radical (unpaired) electrons. The summed E-state index contributed by atoms with van der Waals surface area (Å²) in [4.78, 5) is 4.82. The van der Waals surface area contributed by atoms with Crippen LogP contribution in [-0.2, 0) is 13.0 Å². The van der Waals surface area contributed by atoms with Crippen LogP contribution in [0.25, 0.3) is 17.2 Å². The lowest BCUT2D eigenvalue weighted by atomic mass is 10.0. The molecule has 0 aliphatic carbocycles. The standard InChI is InChI=1S/C28H29F3N2O/c1-4-6-8-21(3)19-33-20-25(9-7-5-2)32-27(33)18-22-10-12-23(13-11-22)24-14-16-26(17-15-24)34-28(29,30)31/h4,6-17,20H,5,18-19H2,1-3H3/b6-4-,9-7+,21-8+. The van der Waals surface area contributed by atoms with E-state index >= 15 is 0 Å². The van der Waals surface area contributed by atoms with Gasteiger partial charge in [-0.2, -0.15) is 0 Å². The second-order valence-electron chi connectivity index (χ2n) is 8.01. The maximum Gasteiger partial charge on any atom is 0.573 e. The highest BCUT2D eigenvalue weighted by atomic mass is 19.4. The van der Waals surface area contributed by atoms with Crippen LogP contribution in [0.1, 0.15) is 44.3 Å². The molecule has 0 bridgehead atoms. The van der Waals surface area contributed by atoms with Crippen molar-refractivity contribution in [2.75, 3.05) is 0 Å². The van der Waals surface area contributed by atoms with E-state index in [1.165, 1.54) is 17.7 Å². The lowest BCUT2D eigenvalue weighted by Crippen LogP contribution is -2.16. The van der Waals surface area contributed by atoms with Gasteiger partial charge in [0.2, 0.25) is 0 Å². The van der Waals surface area contributed by atoms with Crippen LogP contribution in [0, 0.1) is 0 Å². The van der Waals surface area contributed by atoms with Crippen molar-refractivity contribution in [2.24, 2.45) is 0 Å². The first-order valence-electron chi connectivity index (χ1n) is 11.2. The van der Waals surface area contributed by atoms with Gasteiger partial charge in [-0.05, 0) is 55.2 Å². The number of hydrogen-bond acceptors (Lipinski definition) is 2. The van der Waals surface area contributed by atoms with Crippen LogP contribution in [0.15, 0.2) is 84.6 Å². The smallest absolute Gasteiger partial charge is 0.406 e. The second-order valence-corrected chi connectivity index (χ2v) is 8.01. The number of allylic oxidation sites excluding steroid dienone is 5. The largest absolute Gasteiger partial charge is 0.573 e. The van der Waals surface area contributed by atoms with Crippen LogP contribution in [0.2, 0.25) is 0 Å². The van der Waals surface area contributed by atoms with Crippen LogP contribution in [0.5, 0.6) is 5.75 Å². The summed E-state index contributed by atoms with van der Waals surface area (Å²) in [5, 5.41) is 0. The van der Waals surface area contributed by atoms with Gasteiger partial charge in [-0.1, -0.05) is 73.2 Å². The molecule has 1 aromatic heterocycles. The molecule has 3 nitrogen and oxygen atoms in total. The fourth-order valence-electron chi connectivity index (χ4n) is 3.50. The van der Waals surface area contributed by atoms with Gasteiger partial charge in [0.15, 0.2) is 0 Å². The number of imidazole rings is 1. The number of aromatic nitrogens is 2. The van der Waals surface area contributed by atoms with E-state index in [-0.39, 0.29) is 5.75 Å². The summed E-state index contributed by atoms with van der Waals surface area (Å²) in [7, 11) is 0. The Morgan fingerprint density at radius 2 is 1.68 bits per heavy atom. The Balaban J connectivity index is 1.77. The van der Waals surface area contributed by atoms with Crippen LogP contribution in [-0.4, -0.2) is 15.9 Å². The fourth-order valence-corrected chi connectivity index (χ4v) is 3.50. The lowest BCUT2D eigenvalue weighted by Gasteiger charge is -2.10. The van der Waals surface area contributed by atoms with Crippen LogP contribution >= 0.6 is 0 Å². The molecule has 1 heterocycles. The number of ether oxygens (including phenoxy) is 1. The van der Waals surface area contributed by atoms with Crippen molar-refractivity contribution in [3.8, 4) is 16.9 Å². The Kier molecular flexibility index (Phi) is 8.52. The Morgan fingerprint density at radius 3 is 2.26 bits per heavy atom. The number of halogens is 3. The van der Waals surface area contributed by atoms with Gasteiger partial charge in [-0.25, -0.2) is 4.98 Å². The molecule has 2 aromatic carbocycles. The first kappa shape index (κ1) is 25.1. The molecule has 178 valence electrons. The van der Waals surface area contributed by atoms with E-state index in [0.717, 1.165) is 41.2 Å². The van der Waals surface area contributed by atoms with Gasteiger partial charge >= 0.3 is 6.36 Å². The molecular weight excluding hydrogens is 437 g/mol. The van der Waals surface area contributed by atoms with Crippen molar-refractivity contribution in [2.45, 2.75) is 46.5 Å². The lowest BCUT2D eigenvalue weighted by molar-refractivity contribution is -0.274. The number of rotatable bonds is 9. The molecule has 0 atom stereocenters. The molecule has 0 spiro atoms. The first-order chi connectivity index (χ1) is 16.3. The highest BCUT2D eigenvalue weighted by Crippen LogP contribution is 2.27. The van der Waals surface area contributed by atoms with E-state index in [2.05, 4.69) is 41.5 Å². The maximum absolute atomic E-state index is 12.4. The van der Waals surface area contributed by atoms with E-state index < -0.39 is 6.36 Å². The average Bonchev–Trinajstić information content (AvgIpc) is 3.17. The molecule has 6 heteroatoms. The van der Waals surface area contributed by atoms with E-state index in [0.29, 0.717) is 6.42 Å². The number of benzene rings is 2. The molecule has 3 aromatic rings. The van der Waals surface area contributed by atoms with Crippen molar-refractivity contribution in [3.63, 3.8) is 0 Å². The summed E-state index contributed by atoms with van der Waals surface area (Å²) in [6, 6.07) is 13.9. The average molecular weight is 467 g/mol. The van der Waals surface area contributed by atoms with Gasteiger partial charge in [-0.15, -0.1) is 13.2 Å². The molecule has 0 aliphatic rings. The second kappa shape index (κ2) is 11.5. The molecule has 0 aliphatic heterocycles. The van der Waals surface area contributed by atoms with Gasteiger partial charge in [0.05, 0.1) is 5.69 Å². The summed E-state index contributed by atoms with van der Waals surface area (Å²) in [6.45, 7) is 6.95. The molecule has 0 fully saturated rings. The van der Waals surface area contributed by atoms with Gasteiger partial charge in [0.25, 0.3) is 0 Å². The monoisotopic (exact) mass is 466 g/mol. The molecule has 0 N–H and O–H groups in total. The minimum atomic E-state index is -4.69. The van der Waals surface area contributed by atoms with Crippen molar-refractivity contribution >= 4 is 6.08 Å². The zero-order valence-corrected chi connectivity index (χ0v) is 19.6. The van der Waals surface area contributed by atoms with Crippen molar-refractivity contribution in [3.05, 3.63) is 102 Å². The Bertz CT molecular complexity index is 1150. The summed E-state index contributed by atoms with van der Waals surface area (Å²) < 4.78 is 43.2. The minimum absolute atomic E-state index is 0.230. The van der Waals surface area contributed by atoms with E-state index in [1.807, 2.05) is 49.4 Å². The number of hydrogen-bond donors (Lipinski definition) is 0. The van der Waals surface area contributed by atoms with Gasteiger partial charge in [0, 0.05) is 19.2 Å². The third kappa shape index (κ3) is 7.51. The quantitative estimate of drug-likeness (QED) is 0.299. The minimum Gasteiger partial charge on any atom is -0.406 e. The summed E-state index contributed by atoms with van der Waals surface area (Å²) in [5.41, 5.74) is 5.01. The molecule has 3 rings (SSSR count). The van der Waals surface area contributed by atoms with Gasteiger partial charge in [-0.3, -0.25) is 0 Å². The summed E-state index contributed by atoms with van der Waals surface area (Å²) in [6.07, 6.45) is 9.29. The van der Waals surface area contributed by atoms with E-state index in [1.54, 1.807) is 12.1 Å². The number of nitrogens with zero attached hydrogens (tertiary/aromatic N) is 2. The van der Waals surface area contributed by atoms with Crippen LogP contribution in [0.3, 0.4) is 0 Å².